The highest BCUT2D eigenvalue weighted by atomic mass is 32.2. The van der Waals surface area contributed by atoms with Crippen molar-refractivity contribution in [1.82, 2.24) is 9.47 Å². The molecule has 1 atom stereocenters. The van der Waals surface area contributed by atoms with Gasteiger partial charge in [-0.25, -0.2) is 8.78 Å². The van der Waals surface area contributed by atoms with Crippen molar-refractivity contribution in [3.63, 3.8) is 0 Å². The van der Waals surface area contributed by atoms with Crippen LogP contribution in [-0.2, 0) is 11.3 Å². The molecule has 2 heterocycles. The van der Waals surface area contributed by atoms with Crippen molar-refractivity contribution in [3.05, 3.63) is 71.4 Å². The maximum atomic E-state index is 13.4. The molecule has 1 unspecified atom stereocenters. The van der Waals surface area contributed by atoms with Gasteiger partial charge < -0.3 is 4.57 Å². The quantitative estimate of drug-likeness (QED) is 0.687. The van der Waals surface area contributed by atoms with E-state index in [1.165, 1.54) is 19.2 Å². The first-order chi connectivity index (χ1) is 12.4. The molecule has 2 amide bonds. The Kier molecular flexibility index (Phi) is 4.03. The summed E-state index contributed by atoms with van der Waals surface area (Å²) in [6.07, 6.45) is 1.81. The van der Waals surface area contributed by atoms with E-state index in [4.69, 9.17) is 0 Å². The molecular weight excluding hydrogens is 358 g/mol. The van der Waals surface area contributed by atoms with Crippen LogP contribution in [0.2, 0.25) is 0 Å². The standard InChI is InChI=1S/C19H14F2N2O2S/c1-22-18(24)17(26-19(22)25)15-3-2-4-16-14(15)5-6-23(16)10-11-7-12(20)9-13(21)8-11/h2-9,17H,10H2,1H3. The minimum atomic E-state index is -0.619. The number of hydrogen-bond donors (Lipinski definition) is 0. The lowest BCUT2D eigenvalue weighted by Crippen LogP contribution is -2.24. The first-order valence-electron chi connectivity index (χ1n) is 7.95. The van der Waals surface area contributed by atoms with E-state index in [0.717, 1.165) is 39.2 Å². The van der Waals surface area contributed by atoms with E-state index in [1.54, 1.807) is 0 Å². The molecule has 0 aliphatic carbocycles. The molecule has 1 fully saturated rings. The van der Waals surface area contributed by atoms with Crippen LogP contribution in [0.5, 0.6) is 0 Å². The number of amides is 2. The molecule has 1 aromatic heterocycles. The summed E-state index contributed by atoms with van der Waals surface area (Å²) < 4.78 is 28.7. The normalized spacial score (nSPS) is 17.5. The maximum absolute atomic E-state index is 13.4. The van der Waals surface area contributed by atoms with E-state index in [9.17, 15) is 18.4 Å². The van der Waals surface area contributed by atoms with Gasteiger partial charge in [0.25, 0.3) is 5.24 Å². The molecule has 4 rings (SSSR count). The molecule has 0 spiro atoms. The number of rotatable bonds is 3. The van der Waals surface area contributed by atoms with Gasteiger partial charge in [-0.1, -0.05) is 12.1 Å². The molecule has 4 nitrogen and oxygen atoms in total. The van der Waals surface area contributed by atoms with Crippen molar-refractivity contribution in [3.8, 4) is 0 Å². The van der Waals surface area contributed by atoms with Crippen LogP contribution >= 0.6 is 11.8 Å². The number of carbonyl (C=O) groups excluding carboxylic acids is 2. The molecule has 0 bridgehead atoms. The first kappa shape index (κ1) is 16.8. The number of halogens is 2. The predicted octanol–water partition coefficient (Wildman–Crippen LogP) is 4.33. The lowest BCUT2D eigenvalue weighted by Gasteiger charge is -2.11. The molecule has 1 aliphatic rings. The summed E-state index contributed by atoms with van der Waals surface area (Å²) >= 11 is 0.996. The monoisotopic (exact) mass is 372 g/mol. The minimum absolute atomic E-state index is 0.243. The fourth-order valence-electron chi connectivity index (χ4n) is 3.21. The van der Waals surface area contributed by atoms with Crippen LogP contribution in [-0.4, -0.2) is 27.7 Å². The maximum Gasteiger partial charge on any atom is 0.289 e. The number of fused-ring (bicyclic) bond motifs is 1. The number of carbonyl (C=O) groups is 2. The number of benzene rings is 2. The molecule has 26 heavy (non-hydrogen) atoms. The molecule has 0 N–H and O–H groups in total. The number of likely N-dealkylation sites (N-methyl/N-ethyl adjacent to an activating group) is 1. The summed E-state index contributed by atoms with van der Waals surface area (Å²) in [6.45, 7) is 0.298. The average molecular weight is 372 g/mol. The average Bonchev–Trinajstić information content (AvgIpc) is 3.10. The molecule has 3 aromatic rings. The zero-order valence-electron chi connectivity index (χ0n) is 13.8. The van der Waals surface area contributed by atoms with Crippen molar-refractivity contribution in [2.75, 3.05) is 7.05 Å². The third-order valence-corrected chi connectivity index (χ3v) is 5.62. The van der Waals surface area contributed by atoms with E-state index in [2.05, 4.69) is 0 Å². The van der Waals surface area contributed by atoms with Crippen LogP contribution in [0, 0.1) is 11.6 Å². The second kappa shape index (κ2) is 6.25. The molecule has 0 saturated carbocycles. The number of thioether (sulfide) groups is 1. The van der Waals surface area contributed by atoms with Crippen molar-refractivity contribution in [2.24, 2.45) is 0 Å². The summed E-state index contributed by atoms with van der Waals surface area (Å²) in [7, 11) is 1.47. The van der Waals surface area contributed by atoms with Crippen molar-refractivity contribution in [2.45, 2.75) is 11.8 Å². The van der Waals surface area contributed by atoms with Crippen molar-refractivity contribution in [1.29, 1.82) is 0 Å². The number of aromatic nitrogens is 1. The zero-order valence-corrected chi connectivity index (χ0v) is 14.6. The number of imide groups is 1. The third kappa shape index (κ3) is 2.78. The van der Waals surface area contributed by atoms with Crippen molar-refractivity contribution < 1.29 is 18.4 Å². The van der Waals surface area contributed by atoms with Gasteiger partial charge in [-0.05, 0) is 47.2 Å². The highest BCUT2D eigenvalue weighted by molar-refractivity contribution is 8.15. The van der Waals surface area contributed by atoms with Crippen LogP contribution in [0.1, 0.15) is 16.4 Å². The highest BCUT2D eigenvalue weighted by Gasteiger charge is 2.38. The Hall–Kier alpha value is -2.67. The molecule has 1 aliphatic heterocycles. The van der Waals surface area contributed by atoms with Crippen LogP contribution in [0.15, 0.2) is 48.7 Å². The second-order valence-corrected chi connectivity index (χ2v) is 7.22. The molecule has 1 saturated heterocycles. The van der Waals surface area contributed by atoms with Gasteiger partial charge >= 0.3 is 0 Å². The Morgan fingerprint density at radius 2 is 1.81 bits per heavy atom. The Balaban J connectivity index is 1.74. The smallest absolute Gasteiger partial charge is 0.289 e. The van der Waals surface area contributed by atoms with Gasteiger partial charge in [0.15, 0.2) is 0 Å². The molecule has 132 valence electrons. The van der Waals surface area contributed by atoms with Crippen LogP contribution in [0.25, 0.3) is 10.9 Å². The fourth-order valence-corrected chi connectivity index (χ4v) is 4.25. The predicted molar refractivity (Wildman–Crippen MR) is 95.9 cm³/mol. The van der Waals surface area contributed by atoms with Crippen LogP contribution in [0.3, 0.4) is 0 Å². The lowest BCUT2D eigenvalue weighted by atomic mass is 10.1. The van der Waals surface area contributed by atoms with Crippen molar-refractivity contribution >= 4 is 33.8 Å². The van der Waals surface area contributed by atoms with E-state index in [0.29, 0.717) is 12.1 Å². The molecular formula is C19H14F2N2O2S. The van der Waals surface area contributed by atoms with Gasteiger partial charge in [0.05, 0.1) is 0 Å². The summed E-state index contributed by atoms with van der Waals surface area (Å²) in [5.74, 6) is -1.48. The first-order valence-corrected chi connectivity index (χ1v) is 8.83. The van der Waals surface area contributed by atoms with Gasteiger partial charge in [0.1, 0.15) is 16.9 Å². The van der Waals surface area contributed by atoms with Gasteiger partial charge in [-0.3, -0.25) is 14.5 Å². The zero-order chi connectivity index (χ0) is 18.4. The summed E-state index contributed by atoms with van der Waals surface area (Å²) in [5.41, 5.74) is 2.11. The van der Waals surface area contributed by atoms with E-state index >= 15 is 0 Å². The number of nitrogens with zero attached hydrogens (tertiary/aromatic N) is 2. The van der Waals surface area contributed by atoms with Gasteiger partial charge in [0, 0.05) is 36.8 Å². The van der Waals surface area contributed by atoms with Crippen LogP contribution < -0.4 is 0 Å². The Labute approximate surface area is 152 Å². The Morgan fingerprint density at radius 3 is 2.46 bits per heavy atom. The summed E-state index contributed by atoms with van der Waals surface area (Å²) in [5, 5.41) is 0.00339. The van der Waals surface area contributed by atoms with Gasteiger partial charge in [0.2, 0.25) is 5.91 Å². The Morgan fingerprint density at radius 1 is 1.08 bits per heavy atom. The second-order valence-electron chi connectivity index (χ2n) is 6.16. The van der Waals surface area contributed by atoms with E-state index < -0.39 is 16.9 Å². The topological polar surface area (TPSA) is 42.3 Å². The number of hydrogen-bond acceptors (Lipinski definition) is 3. The summed E-state index contributed by atoms with van der Waals surface area (Å²) in [4.78, 5) is 25.3. The Bertz CT molecular complexity index is 1030. The molecule has 0 radical (unpaired) electrons. The lowest BCUT2D eigenvalue weighted by molar-refractivity contribution is -0.125. The molecule has 7 heteroatoms. The third-order valence-electron chi connectivity index (χ3n) is 4.45. The highest BCUT2D eigenvalue weighted by Crippen LogP contribution is 2.41. The molecule has 2 aromatic carbocycles. The van der Waals surface area contributed by atoms with E-state index in [-0.39, 0.29) is 11.1 Å². The minimum Gasteiger partial charge on any atom is -0.343 e. The van der Waals surface area contributed by atoms with Gasteiger partial charge in [-0.2, -0.15) is 0 Å². The SMILES string of the molecule is CN1C(=O)SC(c2cccc3c2ccn3Cc2cc(F)cc(F)c2)C1=O. The van der Waals surface area contributed by atoms with Gasteiger partial charge in [-0.15, -0.1) is 0 Å². The fraction of sp³-hybridized carbons (Fsp3) is 0.158. The van der Waals surface area contributed by atoms with Crippen LogP contribution in [0.4, 0.5) is 13.6 Å². The summed E-state index contributed by atoms with van der Waals surface area (Å²) in [6, 6.07) is 10.8. The largest absolute Gasteiger partial charge is 0.343 e. The van der Waals surface area contributed by atoms with E-state index in [1.807, 2.05) is 35.0 Å².